The highest BCUT2D eigenvalue weighted by molar-refractivity contribution is 5.89. The number of hydrazine groups is 1. The molecule has 1 aliphatic heterocycles. The van der Waals surface area contributed by atoms with Crippen molar-refractivity contribution in [3.8, 4) is 6.07 Å². The van der Waals surface area contributed by atoms with Gasteiger partial charge in [0.2, 0.25) is 5.91 Å². The highest BCUT2D eigenvalue weighted by atomic mass is 16.5. The Morgan fingerprint density at radius 2 is 2.03 bits per heavy atom. The minimum atomic E-state index is -0.786. The van der Waals surface area contributed by atoms with E-state index >= 15 is 0 Å². The van der Waals surface area contributed by atoms with Crippen LogP contribution in [0.1, 0.15) is 72.6 Å². The van der Waals surface area contributed by atoms with Crippen LogP contribution < -0.4 is 10.7 Å². The number of nitrogens with one attached hydrogen (secondary N) is 2. The Balaban J connectivity index is 1.98. The van der Waals surface area contributed by atoms with Crippen molar-refractivity contribution in [2.45, 2.75) is 84.7 Å². The van der Waals surface area contributed by atoms with Gasteiger partial charge in [-0.1, -0.05) is 32.8 Å². The number of amides is 2. The first kappa shape index (κ1) is 25.9. The van der Waals surface area contributed by atoms with Crippen LogP contribution in [0, 0.1) is 28.6 Å². The first-order valence-electron chi connectivity index (χ1n) is 11.7. The Labute approximate surface area is 191 Å². The lowest BCUT2D eigenvalue weighted by Crippen LogP contribution is -2.60. The van der Waals surface area contributed by atoms with Crippen molar-refractivity contribution >= 4 is 17.8 Å². The summed E-state index contributed by atoms with van der Waals surface area (Å²) in [5.41, 5.74) is 3.68. The Hall–Kier alpha value is -2.40. The van der Waals surface area contributed by atoms with Crippen molar-refractivity contribution in [2.24, 2.45) is 17.3 Å². The predicted octanol–water partition coefficient (Wildman–Crippen LogP) is 2.85. The lowest BCUT2D eigenvalue weighted by molar-refractivity contribution is -0.155. The molecule has 2 aliphatic rings. The van der Waals surface area contributed by atoms with Crippen LogP contribution in [-0.4, -0.2) is 48.0 Å². The molecule has 0 bridgehead atoms. The molecule has 8 nitrogen and oxygen atoms in total. The molecule has 2 amide bonds. The summed E-state index contributed by atoms with van der Waals surface area (Å²) in [6.45, 7) is 12.7. The predicted molar refractivity (Wildman–Crippen MR) is 121 cm³/mol. The quantitative estimate of drug-likeness (QED) is 0.394. The average Bonchev–Trinajstić information content (AvgIpc) is 2.70. The van der Waals surface area contributed by atoms with Crippen LogP contribution in [0.2, 0.25) is 0 Å². The number of nitriles is 1. The summed E-state index contributed by atoms with van der Waals surface area (Å²) < 4.78 is 5.54. The molecule has 0 spiro atoms. The smallest absolute Gasteiger partial charge is 0.324 e. The standard InChI is InChI=1S/C24H38N4O4/c1-6-11-24(4,5)15-32-23(31)19-8-7-12-28(27-19)22(30)20(13-16(2)3)26-21(29)18-10-9-17(18)14-25/h17-20,27H,2,6-13,15H2,1,3-5H3,(H,26,29)/t17?,18?,19-,20-/m0/s1. The molecule has 2 N–H and O–H groups in total. The maximum Gasteiger partial charge on any atom is 0.324 e. The number of rotatable bonds is 10. The normalized spacial score (nSPS) is 24.0. The van der Waals surface area contributed by atoms with Gasteiger partial charge in [-0.15, -0.1) is 6.58 Å². The van der Waals surface area contributed by atoms with Crippen LogP contribution in [0.15, 0.2) is 12.2 Å². The fourth-order valence-electron chi connectivity index (χ4n) is 4.21. The first-order valence-corrected chi connectivity index (χ1v) is 11.7. The molecule has 0 aromatic heterocycles. The summed E-state index contributed by atoms with van der Waals surface area (Å²) in [6, 6.07) is 0.767. The summed E-state index contributed by atoms with van der Waals surface area (Å²) in [5.74, 6) is -1.60. The number of carbonyl (C=O) groups is 3. The van der Waals surface area contributed by atoms with E-state index in [9.17, 15) is 14.4 Å². The summed E-state index contributed by atoms with van der Waals surface area (Å²) in [7, 11) is 0. The lowest BCUT2D eigenvalue weighted by atomic mass is 9.74. The lowest BCUT2D eigenvalue weighted by Gasteiger charge is -2.36. The molecule has 1 heterocycles. The van der Waals surface area contributed by atoms with Crippen molar-refractivity contribution in [1.82, 2.24) is 15.8 Å². The average molecular weight is 447 g/mol. The molecule has 0 aromatic rings. The molecule has 2 rings (SSSR count). The van der Waals surface area contributed by atoms with Crippen LogP contribution in [-0.2, 0) is 19.1 Å². The molecular formula is C24H38N4O4. The van der Waals surface area contributed by atoms with Gasteiger partial charge in [-0.2, -0.15) is 5.26 Å². The maximum absolute atomic E-state index is 13.2. The van der Waals surface area contributed by atoms with E-state index in [2.05, 4.69) is 44.2 Å². The largest absolute Gasteiger partial charge is 0.464 e. The minimum Gasteiger partial charge on any atom is -0.464 e. The zero-order chi connectivity index (χ0) is 23.9. The zero-order valence-corrected chi connectivity index (χ0v) is 19.9. The van der Waals surface area contributed by atoms with Crippen LogP contribution in [0.4, 0.5) is 0 Å². The number of ether oxygens (including phenoxy) is 1. The van der Waals surface area contributed by atoms with E-state index in [4.69, 9.17) is 10.00 Å². The third-order valence-corrected chi connectivity index (χ3v) is 6.21. The maximum atomic E-state index is 13.2. The van der Waals surface area contributed by atoms with Gasteiger partial charge < -0.3 is 10.1 Å². The minimum absolute atomic E-state index is 0.0890. The molecule has 178 valence electrons. The van der Waals surface area contributed by atoms with E-state index in [0.29, 0.717) is 45.3 Å². The molecular weight excluding hydrogens is 408 g/mol. The third kappa shape index (κ3) is 7.06. The molecule has 4 atom stereocenters. The second kappa shape index (κ2) is 11.5. The van der Waals surface area contributed by atoms with Crippen LogP contribution in [0.5, 0.6) is 0 Å². The van der Waals surface area contributed by atoms with Gasteiger partial charge in [-0.3, -0.25) is 19.4 Å². The number of hydrogen-bond donors (Lipinski definition) is 2. The number of carbonyl (C=O) groups excluding carboxylic acids is 3. The zero-order valence-electron chi connectivity index (χ0n) is 19.9. The third-order valence-electron chi connectivity index (χ3n) is 6.21. The van der Waals surface area contributed by atoms with Crippen molar-refractivity contribution in [3.63, 3.8) is 0 Å². The Morgan fingerprint density at radius 1 is 1.31 bits per heavy atom. The van der Waals surface area contributed by atoms with E-state index in [0.717, 1.165) is 18.4 Å². The van der Waals surface area contributed by atoms with Crippen molar-refractivity contribution in [3.05, 3.63) is 12.2 Å². The topological polar surface area (TPSA) is 112 Å². The van der Waals surface area contributed by atoms with Crippen LogP contribution in [0.3, 0.4) is 0 Å². The number of esters is 1. The molecule has 8 heteroatoms. The fourth-order valence-corrected chi connectivity index (χ4v) is 4.21. The van der Waals surface area contributed by atoms with Gasteiger partial charge in [0.1, 0.15) is 12.1 Å². The summed E-state index contributed by atoms with van der Waals surface area (Å²) in [4.78, 5) is 38.4. The number of hydrogen-bond acceptors (Lipinski definition) is 6. The molecule has 1 saturated carbocycles. The van der Waals surface area contributed by atoms with Gasteiger partial charge >= 0.3 is 5.97 Å². The Kier molecular flexibility index (Phi) is 9.26. The van der Waals surface area contributed by atoms with Gasteiger partial charge in [0, 0.05) is 6.54 Å². The molecule has 2 unspecified atom stereocenters. The summed E-state index contributed by atoms with van der Waals surface area (Å²) in [6.07, 6.45) is 4.87. The van der Waals surface area contributed by atoms with Gasteiger partial charge in [-0.25, -0.2) is 5.43 Å². The summed E-state index contributed by atoms with van der Waals surface area (Å²) >= 11 is 0. The van der Waals surface area contributed by atoms with Gasteiger partial charge in [0.05, 0.1) is 24.5 Å². The molecule has 2 fully saturated rings. The molecule has 0 aromatic carbocycles. The van der Waals surface area contributed by atoms with Crippen molar-refractivity contribution in [2.75, 3.05) is 13.2 Å². The Morgan fingerprint density at radius 3 is 2.59 bits per heavy atom. The molecule has 32 heavy (non-hydrogen) atoms. The molecule has 0 radical (unpaired) electrons. The summed E-state index contributed by atoms with van der Waals surface area (Å²) in [5, 5.41) is 13.4. The van der Waals surface area contributed by atoms with Gasteiger partial charge in [-0.05, 0) is 50.9 Å². The van der Waals surface area contributed by atoms with E-state index in [1.54, 1.807) is 6.92 Å². The highest BCUT2D eigenvalue weighted by Crippen LogP contribution is 2.33. The van der Waals surface area contributed by atoms with E-state index in [1.807, 2.05) is 0 Å². The SMILES string of the molecule is C=C(C)C[C@H](NC(=O)C1CCC1C#N)C(=O)N1CCC[C@@H](C(=O)OCC(C)(C)CCC)N1. The first-order chi connectivity index (χ1) is 15.1. The monoisotopic (exact) mass is 446 g/mol. The molecule has 1 saturated heterocycles. The van der Waals surface area contributed by atoms with E-state index in [1.165, 1.54) is 5.01 Å². The van der Waals surface area contributed by atoms with Crippen LogP contribution >= 0.6 is 0 Å². The van der Waals surface area contributed by atoms with Gasteiger partial charge in [0.25, 0.3) is 5.91 Å². The Bertz CT molecular complexity index is 758. The second-order valence-corrected chi connectivity index (χ2v) is 9.98. The fraction of sp³-hybridized carbons (Fsp3) is 0.750. The van der Waals surface area contributed by atoms with Crippen molar-refractivity contribution in [1.29, 1.82) is 5.26 Å². The number of nitrogens with zero attached hydrogens (tertiary/aromatic N) is 2. The second-order valence-electron chi connectivity index (χ2n) is 9.98. The van der Waals surface area contributed by atoms with Crippen LogP contribution in [0.25, 0.3) is 0 Å². The van der Waals surface area contributed by atoms with Crippen molar-refractivity contribution < 1.29 is 19.1 Å². The molecule has 1 aliphatic carbocycles. The van der Waals surface area contributed by atoms with E-state index in [-0.39, 0.29) is 35.0 Å². The highest BCUT2D eigenvalue weighted by Gasteiger charge is 2.39. The van der Waals surface area contributed by atoms with E-state index < -0.39 is 12.1 Å². The van der Waals surface area contributed by atoms with Gasteiger partial charge in [0.15, 0.2) is 0 Å².